The maximum absolute atomic E-state index is 11.9. The van der Waals surface area contributed by atoms with E-state index in [1.807, 2.05) is 6.07 Å². The lowest BCUT2D eigenvalue weighted by Crippen LogP contribution is -2.24. The lowest BCUT2D eigenvalue weighted by molar-refractivity contribution is 0.0952. The van der Waals surface area contributed by atoms with Crippen molar-refractivity contribution in [2.45, 2.75) is 26.2 Å². The summed E-state index contributed by atoms with van der Waals surface area (Å²) in [6.07, 6.45) is 3.18. The van der Waals surface area contributed by atoms with E-state index in [-0.39, 0.29) is 12.5 Å². The molecule has 0 heterocycles. The predicted octanol–water partition coefficient (Wildman–Crippen LogP) is 2.09. The molecule has 3 N–H and O–H groups in total. The lowest BCUT2D eigenvalue weighted by atomic mass is 10.1. The van der Waals surface area contributed by atoms with Gasteiger partial charge in [-0.1, -0.05) is 19.8 Å². The summed E-state index contributed by atoms with van der Waals surface area (Å²) >= 11 is 0. The molecule has 0 unspecified atom stereocenters. The van der Waals surface area contributed by atoms with Gasteiger partial charge in [-0.3, -0.25) is 4.79 Å². The van der Waals surface area contributed by atoms with Crippen LogP contribution in [-0.2, 0) is 0 Å². The summed E-state index contributed by atoms with van der Waals surface area (Å²) < 4.78 is 5.15. The molecule has 0 aliphatic heterocycles. The summed E-state index contributed by atoms with van der Waals surface area (Å²) in [5.74, 6) is 0.209. The van der Waals surface area contributed by atoms with Gasteiger partial charge in [-0.25, -0.2) is 0 Å². The molecule has 0 spiro atoms. The summed E-state index contributed by atoms with van der Waals surface area (Å²) in [6.45, 7) is 2.68. The molecule has 0 fully saturated rings. The van der Waals surface area contributed by atoms with Crippen LogP contribution in [0.3, 0.4) is 0 Å². The second-order valence-corrected chi connectivity index (χ2v) is 4.16. The van der Waals surface area contributed by atoms with E-state index < -0.39 is 0 Å². The Bertz CT molecular complexity index is 466. The molecule has 1 amide bonds. The van der Waals surface area contributed by atoms with Crippen LogP contribution < -0.4 is 15.8 Å². The number of nitrogens with two attached hydrogens (primary N) is 1. The molecule has 0 atom stereocenters. The molecule has 1 rings (SSSR count). The topological polar surface area (TPSA) is 88.1 Å². The lowest BCUT2D eigenvalue weighted by Gasteiger charge is -2.09. The highest BCUT2D eigenvalue weighted by Gasteiger charge is 2.08. The van der Waals surface area contributed by atoms with Crippen molar-refractivity contribution in [3.63, 3.8) is 0 Å². The molecule has 5 heteroatoms. The maximum atomic E-state index is 11.9. The van der Waals surface area contributed by atoms with E-state index >= 15 is 0 Å². The van der Waals surface area contributed by atoms with Crippen LogP contribution in [0.15, 0.2) is 18.2 Å². The van der Waals surface area contributed by atoms with Crippen LogP contribution in [0.25, 0.3) is 0 Å². The fourth-order valence-corrected chi connectivity index (χ4v) is 1.59. The number of unbranched alkanes of at least 4 members (excludes halogenated alkanes) is 2. The first kappa shape index (κ1) is 14.8. The van der Waals surface area contributed by atoms with Crippen molar-refractivity contribution < 1.29 is 9.53 Å². The number of amides is 1. The molecule has 0 aliphatic rings. The zero-order chi connectivity index (χ0) is 14.1. The second kappa shape index (κ2) is 7.98. The quantitative estimate of drug-likeness (QED) is 0.581. The number of rotatable bonds is 7. The van der Waals surface area contributed by atoms with Gasteiger partial charge in [0, 0.05) is 12.1 Å². The maximum Gasteiger partial charge on any atom is 0.251 e. The largest absolute Gasteiger partial charge is 0.477 e. The molecular formula is C14H19N3O2. The van der Waals surface area contributed by atoms with Gasteiger partial charge in [-0.2, -0.15) is 5.26 Å². The van der Waals surface area contributed by atoms with Crippen molar-refractivity contribution in [3.8, 4) is 11.8 Å². The number of anilines is 1. The van der Waals surface area contributed by atoms with Crippen molar-refractivity contribution in [1.82, 2.24) is 5.32 Å². The van der Waals surface area contributed by atoms with Crippen LogP contribution >= 0.6 is 0 Å². The Labute approximate surface area is 113 Å². The van der Waals surface area contributed by atoms with E-state index in [9.17, 15) is 4.79 Å². The van der Waals surface area contributed by atoms with Gasteiger partial charge in [0.15, 0.2) is 6.61 Å². The Kier molecular flexibility index (Phi) is 6.23. The smallest absolute Gasteiger partial charge is 0.251 e. The number of nitrogens with zero attached hydrogens (tertiary/aromatic N) is 1. The van der Waals surface area contributed by atoms with Crippen molar-refractivity contribution in [2.24, 2.45) is 0 Å². The number of nitrogens with one attached hydrogen (secondary N) is 1. The summed E-state index contributed by atoms with van der Waals surface area (Å²) in [6, 6.07) is 6.67. The first-order valence-electron chi connectivity index (χ1n) is 6.36. The van der Waals surface area contributed by atoms with Gasteiger partial charge in [0.25, 0.3) is 5.91 Å². The highest BCUT2D eigenvalue weighted by atomic mass is 16.5. The van der Waals surface area contributed by atoms with Crippen LogP contribution in [-0.4, -0.2) is 19.1 Å². The third-order valence-corrected chi connectivity index (χ3v) is 2.63. The number of ether oxygens (including phenoxy) is 1. The van der Waals surface area contributed by atoms with Crippen molar-refractivity contribution in [3.05, 3.63) is 23.8 Å². The van der Waals surface area contributed by atoms with Gasteiger partial charge >= 0.3 is 0 Å². The Balaban J connectivity index is 2.62. The second-order valence-electron chi connectivity index (χ2n) is 4.16. The summed E-state index contributed by atoms with van der Waals surface area (Å²) in [5.41, 5.74) is 6.60. The van der Waals surface area contributed by atoms with Gasteiger partial charge in [-0.15, -0.1) is 0 Å². The number of benzene rings is 1. The van der Waals surface area contributed by atoms with Gasteiger partial charge in [0.2, 0.25) is 0 Å². The molecule has 102 valence electrons. The van der Waals surface area contributed by atoms with Crippen LogP contribution in [0.1, 0.15) is 36.5 Å². The third-order valence-electron chi connectivity index (χ3n) is 2.63. The monoisotopic (exact) mass is 261 g/mol. The molecular weight excluding hydrogens is 242 g/mol. The molecule has 0 radical (unpaired) electrons. The SMILES string of the molecule is CCCCCNC(=O)c1ccc(N)c(OCC#N)c1. The number of hydrogen-bond acceptors (Lipinski definition) is 4. The Morgan fingerprint density at radius 1 is 1.47 bits per heavy atom. The van der Waals surface area contributed by atoms with Gasteiger partial charge in [-0.05, 0) is 24.6 Å². The van der Waals surface area contributed by atoms with E-state index in [0.29, 0.717) is 23.5 Å². The summed E-state index contributed by atoms with van der Waals surface area (Å²) in [5, 5.41) is 11.3. The van der Waals surface area contributed by atoms with Crippen LogP contribution in [0.2, 0.25) is 0 Å². The summed E-state index contributed by atoms with van der Waals surface area (Å²) in [4.78, 5) is 11.9. The minimum Gasteiger partial charge on any atom is -0.477 e. The van der Waals surface area contributed by atoms with Gasteiger partial charge in [0.1, 0.15) is 11.8 Å². The first-order valence-corrected chi connectivity index (χ1v) is 6.36. The fraction of sp³-hybridized carbons (Fsp3) is 0.429. The Hall–Kier alpha value is -2.22. The van der Waals surface area contributed by atoms with E-state index in [0.717, 1.165) is 19.3 Å². The van der Waals surface area contributed by atoms with E-state index in [2.05, 4.69) is 12.2 Å². The zero-order valence-corrected chi connectivity index (χ0v) is 11.1. The minimum absolute atomic E-state index is 0.0915. The molecule has 5 nitrogen and oxygen atoms in total. The normalized spacial score (nSPS) is 9.68. The standard InChI is InChI=1S/C14H19N3O2/c1-2-3-4-8-17-14(18)11-5-6-12(16)13(10-11)19-9-7-15/h5-6,10H,2-4,8-9,16H2,1H3,(H,17,18). The Morgan fingerprint density at radius 2 is 2.26 bits per heavy atom. The van der Waals surface area contributed by atoms with Crippen LogP contribution in [0, 0.1) is 11.3 Å². The molecule has 1 aromatic carbocycles. The average molecular weight is 261 g/mol. The number of nitriles is 1. The number of nitrogen functional groups attached to an aromatic ring is 1. The van der Waals surface area contributed by atoms with E-state index in [1.165, 1.54) is 0 Å². The fourth-order valence-electron chi connectivity index (χ4n) is 1.59. The predicted molar refractivity (Wildman–Crippen MR) is 73.8 cm³/mol. The highest BCUT2D eigenvalue weighted by Crippen LogP contribution is 2.22. The third kappa shape index (κ3) is 4.88. The van der Waals surface area contributed by atoms with Crippen molar-refractivity contribution >= 4 is 11.6 Å². The number of hydrogen-bond donors (Lipinski definition) is 2. The zero-order valence-electron chi connectivity index (χ0n) is 11.1. The van der Waals surface area contributed by atoms with Crippen molar-refractivity contribution in [1.29, 1.82) is 5.26 Å². The number of carbonyl (C=O) groups excluding carboxylic acids is 1. The Morgan fingerprint density at radius 3 is 2.95 bits per heavy atom. The summed E-state index contributed by atoms with van der Waals surface area (Å²) in [7, 11) is 0. The average Bonchev–Trinajstić information content (AvgIpc) is 2.42. The molecule has 0 aromatic heterocycles. The van der Waals surface area contributed by atoms with Crippen molar-refractivity contribution in [2.75, 3.05) is 18.9 Å². The van der Waals surface area contributed by atoms with Crippen LogP contribution in [0.5, 0.6) is 5.75 Å². The molecule has 0 bridgehead atoms. The molecule has 0 aliphatic carbocycles. The number of carbonyl (C=O) groups is 1. The van der Waals surface area contributed by atoms with Gasteiger partial charge < -0.3 is 15.8 Å². The molecule has 1 aromatic rings. The first-order chi connectivity index (χ1) is 9.19. The van der Waals surface area contributed by atoms with E-state index in [4.69, 9.17) is 15.7 Å². The van der Waals surface area contributed by atoms with Crippen LogP contribution in [0.4, 0.5) is 5.69 Å². The van der Waals surface area contributed by atoms with E-state index in [1.54, 1.807) is 18.2 Å². The highest BCUT2D eigenvalue weighted by molar-refractivity contribution is 5.95. The van der Waals surface area contributed by atoms with Gasteiger partial charge in [0.05, 0.1) is 5.69 Å². The molecule has 0 saturated carbocycles. The molecule has 0 saturated heterocycles. The minimum atomic E-state index is -0.155. The molecule has 19 heavy (non-hydrogen) atoms.